The van der Waals surface area contributed by atoms with Crippen LogP contribution in [0.3, 0.4) is 0 Å². The average molecular weight is 368 g/mol. The number of carboxylic acid groups (broad SMARTS) is 1. The lowest BCUT2D eigenvalue weighted by atomic mass is 10.00. The van der Waals surface area contributed by atoms with Gasteiger partial charge >= 0.3 is 5.97 Å². The maximum atomic E-state index is 11.9. The van der Waals surface area contributed by atoms with Gasteiger partial charge in [0.05, 0.1) is 5.69 Å². The molecule has 2 aromatic heterocycles. The normalized spacial score (nSPS) is 24.3. The van der Waals surface area contributed by atoms with Crippen molar-refractivity contribution in [2.75, 3.05) is 16.8 Å². The van der Waals surface area contributed by atoms with Gasteiger partial charge in [0.15, 0.2) is 5.82 Å². The summed E-state index contributed by atoms with van der Waals surface area (Å²) >= 11 is 0. The highest BCUT2D eigenvalue weighted by Crippen LogP contribution is 2.40. The number of aromatic amines is 1. The molecule has 2 fully saturated rings. The fourth-order valence-electron chi connectivity index (χ4n) is 4.28. The van der Waals surface area contributed by atoms with E-state index in [1.807, 2.05) is 4.90 Å². The lowest BCUT2D eigenvalue weighted by Gasteiger charge is -2.31. The third-order valence-corrected chi connectivity index (χ3v) is 6.13. The quantitative estimate of drug-likeness (QED) is 0.745. The van der Waals surface area contributed by atoms with Gasteiger partial charge in [0, 0.05) is 29.8 Å². The first kappa shape index (κ1) is 16.5. The van der Waals surface area contributed by atoms with E-state index in [9.17, 15) is 9.90 Å². The molecule has 2 aromatic rings. The van der Waals surface area contributed by atoms with E-state index in [2.05, 4.69) is 21.6 Å². The van der Waals surface area contributed by atoms with Crippen LogP contribution in [0.1, 0.15) is 61.9 Å². The van der Waals surface area contributed by atoms with Crippen LogP contribution in [0.25, 0.3) is 0 Å². The number of carboxylic acids is 1. The van der Waals surface area contributed by atoms with Gasteiger partial charge < -0.3 is 15.3 Å². The van der Waals surface area contributed by atoms with E-state index in [0.29, 0.717) is 24.8 Å². The Morgan fingerprint density at radius 2 is 2.19 bits per heavy atom. The van der Waals surface area contributed by atoms with Gasteiger partial charge in [-0.2, -0.15) is 10.1 Å². The molecule has 3 heterocycles. The molecule has 1 aliphatic heterocycles. The highest BCUT2D eigenvalue weighted by Gasteiger charge is 2.45. The summed E-state index contributed by atoms with van der Waals surface area (Å²) in [6.45, 7) is 2.43. The second kappa shape index (κ2) is 5.94. The molecule has 3 N–H and O–H groups in total. The van der Waals surface area contributed by atoms with Crippen LogP contribution >= 0.6 is 0 Å². The number of nitrogens with one attached hydrogen (secondary N) is 2. The molecule has 1 saturated heterocycles. The molecule has 1 saturated carbocycles. The minimum Gasteiger partial charge on any atom is -0.480 e. The molecule has 142 valence electrons. The zero-order valence-electron chi connectivity index (χ0n) is 15.5. The van der Waals surface area contributed by atoms with Gasteiger partial charge in [0.2, 0.25) is 5.95 Å². The Morgan fingerprint density at radius 3 is 2.96 bits per heavy atom. The summed E-state index contributed by atoms with van der Waals surface area (Å²) in [5, 5.41) is 20.6. The second-order valence-corrected chi connectivity index (χ2v) is 8.09. The molecule has 0 aromatic carbocycles. The molecule has 5 rings (SSSR count). The van der Waals surface area contributed by atoms with Crippen LogP contribution in [-0.2, 0) is 17.6 Å². The van der Waals surface area contributed by atoms with Gasteiger partial charge in [-0.15, -0.1) is 0 Å². The van der Waals surface area contributed by atoms with Crippen LogP contribution in [0, 0.1) is 0 Å². The minimum absolute atomic E-state index is 0.513. The van der Waals surface area contributed by atoms with Gasteiger partial charge in [0.1, 0.15) is 11.4 Å². The van der Waals surface area contributed by atoms with Crippen molar-refractivity contribution in [3.8, 4) is 0 Å². The first-order valence-electron chi connectivity index (χ1n) is 9.78. The largest absolute Gasteiger partial charge is 0.480 e. The Kier molecular flexibility index (Phi) is 3.63. The van der Waals surface area contributed by atoms with Crippen LogP contribution in [0.5, 0.6) is 0 Å². The molecule has 0 radical (unpaired) electrons. The molecule has 2 aliphatic carbocycles. The third-order valence-electron chi connectivity index (χ3n) is 6.13. The maximum absolute atomic E-state index is 11.9. The first-order chi connectivity index (χ1) is 13.0. The topological polar surface area (TPSA) is 107 Å². The molecule has 1 atom stereocenters. The van der Waals surface area contributed by atoms with Crippen molar-refractivity contribution in [2.24, 2.45) is 0 Å². The van der Waals surface area contributed by atoms with Crippen LogP contribution in [0.15, 0.2) is 6.07 Å². The van der Waals surface area contributed by atoms with Gasteiger partial charge in [-0.25, -0.2) is 9.78 Å². The van der Waals surface area contributed by atoms with Crippen molar-refractivity contribution in [3.63, 3.8) is 0 Å². The predicted octanol–water partition coefficient (Wildman–Crippen LogP) is 2.75. The molecule has 0 amide bonds. The van der Waals surface area contributed by atoms with Crippen LogP contribution < -0.4 is 10.2 Å². The standard InChI is InChI=1S/C19H24N6O2/c1-19(17(26)27)8-3-9-25(19)18-20-13-5-2-4-12(13)16(22-18)21-15-10-14(23-24-15)11-6-7-11/h10-11H,2-9H2,1H3,(H,26,27)(H2,20,21,22,23,24). The van der Waals surface area contributed by atoms with Crippen molar-refractivity contribution in [1.82, 2.24) is 20.2 Å². The minimum atomic E-state index is -0.949. The number of aryl methyl sites for hydroxylation is 1. The molecular weight excluding hydrogens is 344 g/mol. The molecule has 0 bridgehead atoms. The van der Waals surface area contributed by atoms with E-state index in [1.165, 1.54) is 18.5 Å². The number of hydrogen-bond donors (Lipinski definition) is 3. The van der Waals surface area contributed by atoms with Crippen molar-refractivity contribution >= 4 is 23.6 Å². The van der Waals surface area contributed by atoms with Crippen LogP contribution in [0.2, 0.25) is 0 Å². The summed E-state index contributed by atoms with van der Waals surface area (Å²) < 4.78 is 0. The maximum Gasteiger partial charge on any atom is 0.329 e. The van der Waals surface area contributed by atoms with E-state index in [1.54, 1.807) is 6.92 Å². The number of fused-ring (bicyclic) bond motifs is 1. The summed E-state index contributed by atoms with van der Waals surface area (Å²) in [7, 11) is 0. The van der Waals surface area contributed by atoms with Gasteiger partial charge in [-0.1, -0.05) is 0 Å². The van der Waals surface area contributed by atoms with Crippen molar-refractivity contribution < 1.29 is 9.90 Å². The van der Waals surface area contributed by atoms with Gasteiger partial charge in [-0.3, -0.25) is 5.10 Å². The smallest absolute Gasteiger partial charge is 0.329 e. The molecular formula is C19H24N6O2. The molecule has 3 aliphatic rings. The zero-order valence-corrected chi connectivity index (χ0v) is 15.5. The average Bonchev–Trinajstić information content (AvgIpc) is 3.05. The fourth-order valence-corrected chi connectivity index (χ4v) is 4.28. The van der Waals surface area contributed by atoms with Crippen molar-refractivity contribution in [3.05, 3.63) is 23.0 Å². The van der Waals surface area contributed by atoms with Gasteiger partial charge in [0.25, 0.3) is 0 Å². The van der Waals surface area contributed by atoms with E-state index in [4.69, 9.17) is 9.97 Å². The number of rotatable bonds is 5. The number of aliphatic carboxylic acids is 1. The zero-order chi connectivity index (χ0) is 18.6. The molecule has 8 nitrogen and oxygen atoms in total. The van der Waals surface area contributed by atoms with Crippen molar-refractivity contribution in [2.45, 2.75) is 63.3 Å². The Labute approximate surface area is 157 Å². The Hall–Kier alpha value is -2.64. The third kappa shape index (κ3) is 2.74. The number of H-pyrrole nitrogens is 1. The SMILES string of the molecule is CC1(C(=O)O)CCCN1c1nc2c(c(Nc3cc(C4CC4)[nH]n3)n1)CCC2. The van der Waals surface area contributed by atoms with Gasteiger partial charge in [-0.05, 0) is 51.9 Å². The number of hydrogen-bond acceptors (Lipinski definition) is 6. The molecule has 27 heavy (non-hydrogen) atoms. The second-order valence-electron chi connectivity index (χ2n) is 8.09. The number of carbonyl (C=O) groups is 1. The number of nitrogens with zero attached hydrogens (tertiary/aromatic N) is 4. The fraction of sp³-hybridized carbons (Fsp3) is 0.579. The van der Waals surface area contributed by atoms with E-state index in [0.717, 1.165) is 48.6 Å². The number of aromatic nitrogens is 4. The first-order valence-corrected chi connectivity index (χ1v) is 9.78. The molecule has 8 heteroatoms. The number of anilines is 3. The lowest BCUT2D eigenvalue weighted by molar-refractivity contribution is -0.142. The summed E-state index contributed by atoms with van der Waals surface area (Å²) in [5.74, 6) is 1.83. The highest BCUT2D eigenvalue weighted by atomic mass is 16.4. The van der Waals surface area contributed by atoms with E-state index >= 15 is 0 Å². The summed E-state index contributed by atoms with van der Waals surface area (Å²) in [4.78, 5) is 23.2. The van der Waals surface area contributed by atoms with E-state index in [-0.39, 0.29) is 0 Å². The Bertz CT molecular complexity index is 906. The molecule has 1 unspecified atom stereocenters. The monoisotopic (exact) mass is 368 g/mol. The van der Waals surface area contributed by atoms with E-state index < -0.39 is 11.5 Å². The predicted molar refractivity (Wildman–Crippen MR) is 101 cm³/mol. The summed E-state index contributed by atoms with van der Waals surface area (Å²) in [6, 6.07) is 2.05. The lowest BCUT2D eigenvalue weighted by Crippen LogP contribution is -2.49. The van der Waals surface area contributed by atoms with Crippen LogP contribution in [-0.4, -0.2) is 43.3 Å². The highest BCUT2D eigenvalue weighted by molar-refractivity contribution is 5.83. The Morgan fingerprint density at radius 1 is 1.33 bits per heavy atom. The summed E-state index contributed by atoms with van der Waals surface area (Å²) in [6.07, 6.45) is 6.77. The Balaban J connectivity index is 1.50. The van der Waals surface area contributed by atoms with Crippen molar-refractivity contribution in [1.29, 1.82) is 0 Å². The summed E-state index contributed by atoms with van der Waals surface area (Å²) in [5.41, 5.74) is 2.38. The molecule has 0 spiro atoms. The van der Waals surface area contributed by atoms with Crippen LogP contribution in [0.4, 0.5) is 17.6 Å².